The molecule has 2 nitrogen and oxygen atoms in total. The van der Waals surface area contributed by atoms with Crippen molar-refractivity contribution < 1.29 is 4.58 Å². The van der Waals surface area contributed by atoms with Crippen LogP contribution in [0.15, 0.2) is 89.4 Å². The quantitative estimate of drug-likeness (QED) is 0.167. The maximum Gasteiger partial charge on any atom is 0.209 e. The molecule has 4 aromatic carbocycles. The number of hydrogen-bond donors (Lipinski definition) is 0. The van der Waals surface area contributed by atoms with Gasteiger partial charge in [-0.25, -0.2) is 0 Å². The molecule has 0 unspecified atom stereocenters. The van der Waals surface area contributed by atoms with Crippen LogP contribution in [0.1, 0.15) is 51.2 Å². The van der Waals surface area contributed by atoms with Gasteiger partial charge in [-0.05, 0) is 55.8 Å². The Balaban J connectivity index is 1.55. The highest BCUT2D eigenvalue weighted by molar-refractivity contribution is 9.10. The van der Waals surface area contributed by atoms with Gasteiger partial charge in [0, 0.05) is 51.4 Å². The molecule has 0 spiro atoms. The van der Waals surface area contributed by atoms with Crippen LogP contribution in [0.2, 0.25) is 0 Å². The topological polar surface area (TPSA) is 7.94 Å². The molecule has 0 fully saturated rings. The van der Waals surface area contributed by atoms with Crippen molar-refractivity contribution in [1.29, 1.82) is 0 Å². The number of aromatic nitrogens is 1. The number of unbranched alkanes of at least 4 members (excludes halogenated alkanes) is 1. The number of halogens is 1. The van der Waals surface area contributed by atoms with Crippen molar-refractivity contribution in [2.24, 2.45) is 0 Å². The van der Waals surface area contributed by atoms with E-state index in [0.717, 1.165) is 30.4 Å². The van der Waals surface area contributed by atoms with Gasteiger partial charge in [0.2, 0.25) is 5.69 Å². The van der Waals surface area contributed by atoms with Crippen molar-refractivity contribution in [1.82, 2.24) is 4.57 Å². The van der Waals surface area contributed by atoms with Crippen LogP contribution in [0.5, 0.6) is 0 Å². The van der Waals surface area contributed by atoms with Crippen LogP contribution in [-0.4, -0.2) is 21.4 Å². The van der Waals surface area contributed by atoms with Gasteiger partial charge in [-0.3, -0.25) is 0 Å². The second-order valence-electron chi connectivity index (χ2n) is 11.1. The summed E-state index contributed by atoms with van der Waals surface area (Å²) in [6.07, 6.45) is 7.07. The molecule has 5 aromatic rings. The molecule has 0 aliphatic carbocycles. The average molecular weight is 565 g/mol. The molecule has 1 aliphatic rings. The van der Waals surface area contributed by atoms with Gasteiger partial charge in [0.15, 0.2) is 5.71 Å². The summed E-state index contributed by atoms with van der Waals surface area (Å²) in [6, 6.07) is 31.2. The van der Waals surface area contributed by atoms with Gasteiger partial charge in [0.05, 0.1) is 10.8 Å². The molecule has 2 heterocycles. The summed E-state index contributed by atoms with van der Waals surface area (Å²) in [4.78, 5) is 0. The summed E-state index contributed by atoms with van der Waals surface area (Å²) in [5.41, 5.74) is 6.78. The first-order chi connectivity index (χ1) is 18.5. The largest absolute Gasteiger partial charge is 0.340 e. The minimum Gasteiger partial charge on any atom is -0.340 e. The third-order valence-electron chi connectivity index (χ3n) is 8.29. The van der Waals surface area contributed by atoms with E-state index in [1.54, 1.807) is 0 Å². The van der Waals surface area contributed by atoms with Crippen LogP contribution in [0, 0.1) is 0 Å². The number of benzene rings is 4. The lowest BCUT2D eigenvalue weighted by Gasteiger charge is -2.16. The van der Waals surface area contributed by atoms with Crippen LogP contribution in [0.3, 0.4) is 0 Å². The van der Waals surface area contributed by atoms with E-state index in [9.17, 15) is 0 Å². The van der Waals surface area contributed by atoms with Crippen LogP contribution < -0.4 is 5.35 Å². The molecular formula is C35H36BrN2+. The van der Waals surface area contributed by atoms with E-state index >= 15 is 0 Å². The normalized spacial score (nSPS) is 15.2. The summed E-state index contributed by atoms with van der Waals surface area (Å²) in [6.45, 7) is 9.10. The van der Waals surface area contributed by atoms with E-state index in [-0.39, 0.29) is 5.41 Å². The lowest BCUT2D eigenvalue weighted by atomic mass is 9.81. The summed E-state index contributed by atoms with van der Waals surface area (Å²) in [5, 5.41) is 5.42. The van der Waals surface area contributed by atoms with Gasteiger partial charge in [-0.2, -0.15) is 4.58 Å². The monoisotopic (exact) mass is 563 g/mol. The minimum atomic E-state index is -0.0992. The van der Waals surface area contributed by atoms with Crippen LogP contribution >= 0.6 is 15.9 Å². The molecule has 0 N–H and O–H groups in total. The summed E-state index contributed by atoms with van der Waals surface area (Å²) >= 11 is 3.75. The number of aryl methyl sites for hydroxylation is 2. The fourth-order valence-corrected chi connectivity index (χ4v) is 6.67. The molecule has 38 heavy (non-hydrogen) atoms. The van der Waals surface area contributed by atoms with Gasteiger partial charge >= 0.3 is 0 Å². The van der Waals surface area contributed by atoms with Crippen molar-refractivity contribution >= 4 is 55.1 Å². The van der Waals surface area contributed by atoms with E-state index in [2.05, 4.69) is 137 Å². The van der Waals surface area contributed by atoms with Crippen molar-refractivity contribution in [2.45, 2.75) is 58.4 Å². The van der Waals surface area contributed by atoms with E-state index < -0.39 is 0 Å². The van der Waals surface area contributed by atoms with Gasteiger partial charge < -0.3 is 4.57 Å². The highest BCUT2D eigenvalue weighted by Crippen LogP contribution is 2.41. The molecule has 0 amide bonds. The Hall–Kier alpha value is -3.17. The molecule has 192 valence electrons. The maximum atomic E-state index is 3.75. The van der Waals surface area contributed by atoms with Crippen molar-refractivity contribution in [2.75, 3.05) is 6.54 Å². The smallest absolute Gasteiger partial charge is 0.209 e. The average Bonchev–Trinajstić information content (AvgIpc) is 3.33. The predicted octanol–water partition coefficient (Wildman–Crippen LogP) is 8.57. The van der Waals surface area contributed by atoms with Crippen molar-refractivity contribution in [3.05, 3.63) is 106 Å². The summed E-state index contributed by atoms with van der Waals surface area (Å²) < 4.78 is 6.31. The highest BCUT2D eigenvalue weighted by Gasteiger charge is 2.44. The van der Waals surface area contributed by atoms with Gasteiger partial charge in [-0.1, -0.05) is 89.9 Å². The fourth-order valence-electron chi connectivity index (χ4n) is 6.31. The Morgan fingerprint density at radius 3 is 2.47 bits per heavy atom. The number of nitrogens with zero attached hydrogens (tertiary/aromatic N) is 2. The highest BCUT2D eigenvalue weighted by atomic mass is 79.9. The van der Waals surface area contributed by atoms with Crippen molar-refractivity contribution in [3.63, 3.8) is 0 Å². The summed E-state index contributed by atoms with van der Waals surface area (Å²) in [5.74, 6) is 0. The molecular weight excluding hydrogens is 528 g/mol. The zero-order valence-electron chi connectivity index (χ0n) is 22.7. The number of hydrogen-bond acceptors (Lipinski definition) is 0. The molecule has 0 atom stereocenters. The zero-order chi connectivity index (χ0) is 26.3. The van der Waals surface area contributed by atoms with E-state index in [0.29, 0.717) is 0 Å². The number of rotatable bonds is 8. The van der Waals surface area contributed by atoms with Gasteiger partial charge in [0.1, 0.15) is 6.54 Å². The second-order valence-corrected chi connectivity index (χ2v) is 12.0. The second kappa shape index (κ2) is 10.2. The van der Waals surface area contributed by atoms with Crippen LogP contribution in [0.4, 0.5) is 5.69 Å². The molecule has 1 aromatic heterocycles. The van der Waals surface area contributed by atoms with Crippen LogP contribution in [-0.2, 0) is 18.4 Å². The lowest BCUT2D eigenvalue weighted by Crippen LogP contribution is -2.31. The Kier molecular flexibility index (Phi) is 6.74. The minimum absolute atomic E-state index is 0.0992. The first-order valence-corrected chi connectivity index (χ1v) is 14.8. The fraction of sp³-hybridized carbons (Fsp3) is 0.286. The summed E-state index contributed by atoms with van der Waals surface area (Å²) in [7, 11) is 0. The lowest BCUT2D eigenvalue weighted by molar-refractivity contribution is -0.437. The first kappa shape index (κ1) is 25.1. The predicted molar refractivity (Wildman–Crippen MR) is 166 cm³/mol. The molecule has 6 rings (SSSR count). The standard InChI is InChI=1S/C35H36BrN2/c1-4-5-21-37-31-18-10-16-26-15-9-17-28(34(26)31)32(37)24-33-35(2,3)29-23-27(36)19-20-30(29)38(33)22-11-14-25-12-7-6-8-13-25/h6-10,12-13,15-20,23-24H,4-5,11,14,21-22H2,1-3H3/q+1. The number of fused-ring (bicyclic) bond motifs is 1. The third-order valence-corrected chi connectivity index (χ3v) is 8.79. The van der Waals surface area contributed by atoms with Crippen LogP contribution in [0.25, 0.3) is 27.8 Å². The molecule has 0 saturated carbocycles. The maximum absolute atomic E-state index is 3.75. The van der Waals surface area contributed by atoms with Crippen molar-refractivity contribution in [3.8, 4) is 0 Å². The molecule has 1 aliphatic heterocycles. The van der Waals surface area contributed by atoms with Gasteiger partial charge in [-0.15, -0.1) is 0 Å². The Labute approximate surface area is 234 Å². The Morgan fingerprint density at radius 1 is 0.895 bits per heavy atom. The van der Waals surface area contributed by atoms with E-state index in [4.69, 9.17) is 0 Å². The zero-order valence-corrected chi connectivity index (χ0v) is 24.3. The Bertz CT molecular complexity index is 1700. The molecule has 0 saturated heterocycles. The third kappa shape index (κ3) is 4.31. The van der Waals surface area contributed by atoms with E-state index in [1.807, 2.05) is 0 Å². The SMILES string of the molecule is CCCCn1/c(=C/C2=[N+](CCCc3ccccc3)c3ccc(Br)cc3C2(C)C)c2cccc3cccc1c32. The molecule has 3 heteroatoms. The molecule has 0 radical (unpaired) electrons. The first-order valence-electron chi connectivity index (χ1n) is 14.0. The van der Waals surface area contributed by atoms with Gasteiger partial charge in [0.25, 0.3) is 0 Å². The Morgan fingerprint density at radius 2 is 1.68 bits per heavy atom. The van der Waals surface area contributed by atoms with E-state index in [1.165, 1.54) is 62.4 Å². The molecule has 0 bridgehead atoms.